The summed E-state index contributed by atoms with van der Waals surface area (Å²) in [5.41, 5.74) is 3.74. The normalized spacial score (nSPS) is 15.9. The van der Waals surface area contributed by atoms with Crippen LogP contribution in [0.25, 0.3) is 22.5 Å². The predicted molar refractivity (Wildman–Crippen MR) is 124 cm³/mol. The molecule has 1 aromatic heterocycles. The van der Waals surface area contributed by atoms with E-state index in [1.807, 2.05) is 66.7 Å². The number of imide groups is 1. The fourth-order valence-electron chi connectivity index (χ4n) is 3.62. The van der Waals surface area contributed by atoms with Crippen LogP contribution in [0, 0.1) is 0 Å². The van der Waals surface area contributed by atoms with E-state index < -0.39 is 5.25 Å². The summed E-state index contributed by atoms with van der Waals surface area (Å²) >= 11 is 1.18. The fraction of sp³-hybridized carbons (Fsp3) is 0.0800. The molecule has 32 heavy (non-hydrogen) atoms. The highest BCUT2D eigenvalue weighted by Crippen LogP contribution is 2.34. The number of hydrogen-bond donors (Lipinski definition) is 0. The first-order valence-corrected chi connectivity index (χ1v) is 11.0. The number of nitrogens with zero attached hydrogens (tertiary/aromatic N) is 4. The van der Waals surface area contributed by atoms with Crippen LogP contribution in [0.15, 0.2) is 96.2 Å². The molecule has 1 atom stereocenters. The zero-order valence-electron chi connectivity index (χ0n) is 17.0. The van der Waals surface area contributed by atoms with Crippen molar-refractivity contribution in [1.82, 2.24) is 15.2 Å². The van der Waals surface area contributed by atoms with Gasteiger partial charge in [-0.05, 0) is 12.1 Å². The lowest BCUT2D eigenvalue weighted by molar-refractivity contribution is -0.121. The van der Waals surface area contributed by atoms with Crippen LogP contribution in [0.4, 0.5) is 5.69 Å². The van der Waals surface area contributed by atoms with Crippen molar-refractivity contribution in [2.75, 3.05) is 4.90 Å². The van der Waals surface area contributed by atoms with Gasteiger partial charge in [0.1, 0.15) is 16.6 Å². The number of carbonyl (C=O) groups excluding carboxylic acids is 2. The van der Waals surface area contributed by atoms with Crippen molar-refractivity contribution in [3.63, 3.8) is 0 Å². The zero-order chi connectivity index (χ0) is 21.9. The summed E-state index contributed by atoms with van der Waals surface area (Å²) < 4.78 is 0. The molecular formula is C25H18N4O2S. The van der Waals surface area contributed by atoms with Gasteiger partial charge in [-0.3, -0.25) is 9.59 Å². The average Bonchev–Trinajstić information content (AvgIpc) is 3.13. The van der Waals surface area contributed by atoms with Crippen molar-refractivity contribution in [2.24, 2.45) is 0 Å². The molecule has 0 N–H and O–H groups in total. The molecule has 1 saturated heterocycles. The third-order valence-electron chi connectivity index (χ3n) is 5.13. The number of aromatic nitrogens is 3. The third kappa shape index (κ3) is 3.90. The minimum absolute atomic E-state index is 0.100. The number of carbonyl (C=O) groups is 2. The summed E-state index contributed by atoms with van der Waals surface area (Å²) in [5, 5.41) is 8.51. The number of anilines is 1. The lowest BCUT2D eigenvalue weighted by atomic mass is 10.0. The van der Waals surface area contributed by atoms with E-state index in [9.17, 15) is 9.59 Å². The van der Waals surface area contributed by atoms with Crippen molar-refractivity contribution in [2.45, 2.75) is 16.8 Å². The second-order valence-corrected chi connectivity index (χ2v) is 8.41. The molecule has 6 nitrogen and oxygen atoms in total. The molecule has 1 aliphatic rings. The summed E-state index contributed by atoms with van der Waals surface area (Å²) in [7, 11) is 0. The first-order chi connectivity index (χ1) is 15.7. The van der Waals surface area contributed by atoms with E-state index in [4.69, 9.17) is 4.98 Å². The van der Waals surface area contributed by atoms with Crippen LogP contribution < -0.4 is 4.90 Å². The zero-order valence-corrected chi connectivity index (χ0v) is 17.8. The molecule has 7 heteroatoms. The number of amides is 2. The van der Waals surface area contributed by atoms with Gasteiger partial charge < -0.3 is 0 Å². The minimum Gasteiger partial charge on any atom is -0.274 e. The topological polar surface area (TPSA) is 76.0 Å². The molecular weight excluding hydrogens is 420 g/mol. The maximum absolute atomic E-state index is 13.0. The Kier molecular flexibility index (Phi) is 5.47. The average molecular weight is 439 g/mol. The van der Waals surface area contributed by atoms with E-state index in [2.05, 4.69) is 10.2 Å². The molecule has 0 spiro atoms. The summed E-state index contributed by atoms with van der Waals surface area (Å²) in [6, 6.07) is 28.5. The Morgan fingerprint density at radius 3 is 1.91 bits per heavy atom. The van der Waals surface area contributed by atoms with Crippen molar-refractivity contribution in [3.8, 4) is 22.5 Å². The first-order valence-electron chi connectivity index (χ1n) is 10.1. The van der Waals surface area contributed by atoms with E-state index in [0.717, 1.165) is 11.1 Å². The second-order valence-electron chi connectivity index (χ2n) is 7.24. The Morgan fingerprint density at radius 1 is 0.719 bits per heavy atom. The number of para-hydroxylation sites is 1. The predicted octanol–water partition coefficient (Wildman–Crippen LogP) is 4.63. The molecule has 2 amide bonds. The van der Waals surface area contributed by atoms with Crippen molar-refractivity contribution < 1.29 is 9.59 Å². The van der Waals surface area contributed by atoms with Gasteiger partial charge >= 0.3 is 0 Å². The Bertz CT molecular complexity index is 1270. The highest BCUT2D eigenvalue weighted by molar-refractivity contribution is 8.00. The minimum atomic E-state index is -0.587. The molecule has 2 heterocycles. The number of rotatable bonds is 5. The van der Waals surface area contributed by atoms with Crippen LogP contribution in [0.3, 0.4) is 0 Å². The van der Waals surface area contributed by atoms with Gasteiger partial charge in [0.25, 0.3) is 0 Å². The smallest absolute Gasteiger partial charge is 0.247 e. The SMILES string of the molecule is O=C1CC(Sc2nnc(-c3ccccc3)c(-c3ccccc3)n2)C(=O)N1c1ccccc1. The summed E-state index contributed by atoms with van der Waals surface area (Å²) in [6.07, 6.45) is 0.100. The summed E-state index contributed by atoms with van der Waals surface area (Å²) in [5.74, 6) is -0.487. The number of thioether (sulfide) groups is 1. The van der Waals surface area contributed by atoms with Crippen LogP contribution in [0.5, 0.6) is 0 Å². The standard InChI is InChI=1S/C25H18N4O2S/c30-21-16-20(24(31)29(21)19-14-8-3-9-15-19)32-25-26-22(17-10-4-1-5-11-17)23(27-28-25)18-12-6-2-7-13-18/h1-15,20H,16H2. The molecule has 0 aliphatic carbocycles. The monoisotopic (exact) mass is 438 g/mol. The maximum atomic E-state index is 13.0. The van der Waals surface area contributed by atoms with Crippen LogP contribution in [-0.4, -0.2) is 32.2 Å². The van der Waals surface area contributed by atoms with E-state index in [0.29, 0.717) is 22.2 Å². The van der Waals surface area contributed by atoms with E-state index in [1.54, 1.807) is 24.3 Å². The largest absolute Gasteiger partial charge is 0.274 e. The Balaban J connectivity index is 1.47. The van der Waals surface area contributed by atoms with E-state index in [1.165, 1.54) is 16.7 Å². The molecule has 3 aromatic carbocycles. The highest BCUT2D eigenvalue weighted by atomic mass is 32.2. The van der Waals surface area contributed by atoms with Gasteiger partial charge in [0.15, 0.2) is 0 Å². The van der Waals surface area contributed by atoms with Crippen LogP contribution in [-0.2, 0) is 9.59 Å². The second kappa shape index (κ2) is 8.72. The Labute approximate surface area is 189 Å². The third-order valence-corrected chi connectivity index (χ3v) is 6.17. The summed E-state index contributed by atoms with van der Waals surface area (Å²) in [6.45, 7) is 0. The van der Waals surface area contributed by atoms with Gasteiger partial charge in [-0.15, -0.1) is 10.2 Å². The fourth-order valence-corrected chi connectivity index (χ4v) is 4.54. The molecule has 156 valence electrons. The quantitative estimate of drug-likeness (QED) is 0.423. The molecule has 4 aromatic rings. The summed E-state index contributed by atoms with van der Waals surface area (Å²) in [4.78, 5) is 31.5. The molecule has 1 fully saturated rings. The molecule has 1 aliphatic heterocycles. The lowest BCUT2D eigenvalue weighted by Gasteiger charge is -2.14. The van der Waals surface area contributed by atoms with Crippen molar-refractivity contribution in [1.29, 1.82) is 0 Å². The highest BCUT2D eigenvalue weighted by Gasteiger charge is 2.40. The van der Waals surface area contributed by atoms with E-state index in [-0.39, 0.29) is 18.2 Å². The van der Waals surface area contributed by atoms with Crippen molar-refractivity contribution in [3.05, 3.63) is 91.0 Å². The van der Waals surface area contributed by atoms with Gasteiger partial charge in [0.2, 0.25) is 17.0 Å². The van der Waals surface area contributed by atoms with E-state index >= 15 is 0 Å². The lowest BCUT2D eigenvalue weighted by Crippen LogP contribution is -2.31. The van der Waals surface area contributed by atoms with Gasteiger partial charge in [-0.1, -0.05) is 90.6 Å². The molecule has 5 rings (SSSR count). The van der Waals surface area contributed by atoms with Crippen LogP contribution in [0.1, 0.15) is 6.42 Å². The van der Waals surface area contributed by atoms with Crippen molar-refractivity contribution >= 4 is 29.3 Å². The van der Waals surface area contributed by atoms with Gasteiger partial charge in [-0.25, -0.2) is 9.88 Å². The van der Waals surface area contributed by atoms with Gasteiger partial charge in [0.05, 0.1) is 5.69 Å². The molecule has 0 bridgehead atoms. The Morgan fingerprint density at radius 2 is 1.28 bits per heavy atom. The number of benzene rings is 3. The number of hydrogen-bond acceptors (Lipinski definition) is 6. The maximum Gasteiger partial charge on any atom is 0.247 e. The van der Waals surface area contributed by atoms with Crippen LogP contribution >= 0.6 is 11.8 Å². The Hall–Kier alpha value is -3.84. The van der Waals surface area contributed by atoms with Gasteiger partial charge in [0, 0.05) is 17.5 Å². The van der Waals surface area contributed by atoms with Crippen LogP contribution in [0.2, 0.25) is 0 Å². The molecule has 0 saturated carbocycles. The first kappa shape index (κ1) is 20.1. The molecule has 1 unspecified atom stereocenters. The van der Waals surface area contributed by atoms with Gasteiger partial charge in [-0.2, -0.15) is 0 Å². The molecule has 0 radical (unpaired) electrons.